The van der Waals surface area contributed by atoms with E-state index in [-0.39, 0.29) is 5.69 Å². The van der Waals surface area contributed by atoms with Gasteiger partial charge in [-0.05, 0) is 71.6 Å². The van der Waals surface area contributed by atoms with Crippen molar-refractivity contribution in [1.82, 2.24) is 8.97 Å². The number of aromatic nitrogens is 2. The summed E-state index contributed by atoms with van der Waals surface area (Å²) < 4.78 is 3.59. The van der Waals surface area contributed by atoms with Gasteiger partial charge in [-0.15, -0.1) is 0 Å². The van der Waals surface area contributed by atoms with E-state index in [1.807, 2.05) is 52.9 Å². The normalized spacial score (nSPS) is 11.6. The molecule has 6 rings (SSSR count). The zero-order valence-electron chi connectivity index (χ0n) is 18.1. The molecule has 2 aromatic heterocycles. The average molecular weight is 449 g/mol. The summed E-state index contributed by atoms with van der Waals surface area (Å²) in [5.74, 6) is 0. The molecule has 0 saturated carbocycles. The van der Waals surface area contributed by atoms with Gasteiger partial charge in [0.25, 0.3) is 0 Å². The number of hydrogen-bond donors (Lipinski definition) is 0. The highest BCUT2D eigenvalue weighted by Crippen LogP contribution is 2.30. The van der Waals surface area contributed by atoms with Crippen LogP contribution in [0, 0.1) is 0 Å². The van der Waals surface area contributed by atoms with Gasteiger partial charge in [-0.1, -0.05) is 67.1 Å². The maximum atomic E-state index is 14.0. The smallest absolute Gasteiger partial charge is 0.262 e. The molecule has 2 heterocycles. The fraction of sp³-hybridized carbons (Fsp3) is 0.0690. The summed E-state index contributed by atoms with van der Waals surface area (Å²) in [5, 5.41) is 2.65. The van der Waals surface area contributed by atoms with Crippen LogP contribution < -0.4 is 5.69 Å². The van der Waals surface area contributed by atoms with E-state index in [0.29, 0.717) is 5.02 Å². The second-order valence-corrected chi connectivity index (χ2v) is 8.74. The van der Waals surface area contributed by atoms with Crippen molar-refractivity contribution in [2.75, 3.05) is 0 Å². The third-order valence-corrected chi connectivity index (χ3v) is 6.58. The minimum absolute atomic E-state index is 0.107. The first-order valence-corrected chi connectivity index (χ1v) is 11.5. The number of hydrogen-bond acceptors (Lipinski definition) is 1. The fourth-order valence-corrected chi connectivity index (χ4v) is 4.87. The van der Waals surface area contributed by atoms with Gasteiger partial charge < -0.3 is 0 Å². The van der Waals surface area contributed by atoms with Gasteiger partial charge in [0.15, 0.2) is 0 Å². The fourth-order valence-electron chi connectivity index (χ4n) is 4.70. The first-order chi connectivity index (χ1) is 16.1. The third-order valence-electron chi connectivity index (χ3n) is 6.34. The van der Waals surface area contributed by atoms with E-state index in [1.165, 1.54) is 5.56 Å². The standard InChI is InChI=1S/C29H21ClN2O/c1-2-19-11-14-26-22(15-19)17-27-25-13-12-23(30)18-28(25)31(29(33)32(26)27)24-10-6-9-21(16-24)20-7-4-3-5-8-20/h3-18H,2H2,1H3. The number of nitrogens with zero attached hydrogens (tertiary/aromatic N) is 2. The second kappa shape index (κ2) is 7.65. The van der Waals surface area contributed by atoms with Crippen molar-refractivity contribution in [3.63, 3.8) is 0 Å². The molecule has 0 radical (unpaired) electrons. The van der Waals surface area contributed by atoms with E-state index in [4.69, 9.17) is 11.6 Å². The lowest BCUT2D eigenvalue weighted by Crippen LogP contribution is -2.25. The summed E-state index contributed by atoms with van der Waals surface area (Å²) >= 11 is 6.40. The van der Waals surface area contributed by atoms with Crippen LogP contribution in [0.25, 0.3) is 44.1 Å². The number of aryl methyl sites for hydroxylation is 1. The Morgan fingerprint density at radius 1 is 0.727 bits per heavy atom. The number of rotatable bonds is 3. The Morgan fingerprint density at radius 3 is 2.36 bits per heavy atom. The third kappa shape index (κ3) is 3.16. The number of halogens is 1. The summed E-state index contributed by atoms with van der Waals surface area (Å²) in [7, 11) is 0. The Bertz CT molecular complexity index is 1730. The van der Waals surface area contributed by atoms with Crippen LogP contribution in [0.2, 0.25) is 5.02 Å². The van der Waals surface area contributed by atoms with E-state index in [1.54, 1.807) is 4.57 Å². The van der Waals surface area contributed by atoms with Crippen LogP contribution in [0.15, 0.2) is 102 Å². The monoisotopic (exact) mass is 448 g/mol. The lowest BCUT2D eigenvalue weighted by atomic mass is 10.1. The van der Waals surface area contributed by atoms with Crippen molar-refractivity contribution in [3.8, 4) is 16.8 Å². The van der Waals surface area contributed by atoms with Crippen molar-refractivity contribution in [2.45, 2.75) is 13.3 Å². The van der Waals surface area contributed by atoms with Crippen LogP contribution in [-0.2, 0) is 6.42 Å². The Balaban J connectivity index is 1.73. The molecular weight excluding hydrogens is 428 g/mol. The van der Waals surface area contributed by atoms with E-state index in [9.17, 15) is 4.79 Å². The van der Waals surface area contributed by atoms with Gasteiger partial charge in [0.2, 0.25) is 0 Å². The van der Waals surface area contributed by atoms with Crippen molar-refractivity contribution in [1.29, 1.82) is 0 Å². The molecule has 0 fully saturated rings. The van der Waals surface area contributed by atoms with E-state index in [0.717, 1.165) is 50.6 Å². The maximum Gasteiger partial charge on any atom is 0.338 e. The molecule has 0 aliphatic carbocycles. The largest absolute Gasteiger partial charge is 0.338 e. The molecule has 0 amide bonds. The van der Waals surface area contributed by atoms with Crippen LogP contribution in [-0.4, -0.2) is 8.97 Å². The molecule has 6 aromatic rings. The molecule has 4 aromatic carbocycles. The minimum Gasteiger partial charge on any atom is -0.262 e. The maximum absolute atomic E-state index is 14.0. The molecule has 0 N–H and O–H groups in total. The second-order valence-electron chi connectivity index (χ2n) is 8.31. The van der Waals surface area contributed by atoms with Gasteiger partial charge in [-0.3, -0.25) is 8.97 Å². The molecule has 0 bridgehead atoms. The molecule has 0 unspecified atom stereocenters. The van der Waals surface area contributed by atoms with E-state index in [2.05, 4.69) is 55.5 Å². The summed E-state index contributed by atoms with van der Waals surface area (Å²) in [6, 6.07) is 32.5. The highest BCUT2D eigenvalue weighted by Gasteiger charge is 2.16. The van der Waals surface area contributed by atoms with E-state index >= 15 is 0 Å². The van der Waals surface area contributed by atoms with Crippen LogP contribution in [0.3, 0.4) is 0 Å². The molecule has 3 nitrogen and oxygen atoms in total. The average Bonchev–Trinajstić information content (AvgIpc) is 3.24. The van der Waals surface area contributed by atoms with Crippen molar-refractivity contribution < 1.29 is 0 Å². The van der Waals surface area contributed by atoms with Crippen LogP contribution >= 0.6 is 11.6 Å². The first-order valence-electron chi connectivity index (χ1n) is 11.1. The van der Waals surface area contributed by atoms with Crippen LogP contribution in [0.4, 0.5) is 0 Å². The molecule has 160 valence electrons. The summed E-state index contributed by atoms with van der Waals surface area (Å²) in [6.07, 6.45) is 0.953. The summed E-state index contributed by atoms with van der Waals surface area (Å²) in [4.78, 5) is 14.0. The van der Waals surface area contributed by atoms with Crippen LogP contribution in [0.5, 0.6) is 0 Å². The molecule has 33 heavy (non-hydrogen) atoms. The zero-order valence-corrected chi connectivity index (χ0v) is 18.9. The van der Waals surface area contributed by atoms with Gasteiger partial charge in [0, 0.05) is 15.8 Å². The Hall–Kier alpha value is -3.82. The van der Waals surface area contributed by atoms with E-state index < -0.39 is 0 Å². The minimum atomic E-state index is -0.107. The Kier molecular flexibility index (Phi) is 4.60. The van der Waals surface area contributed by atoms with Gasteiger partial charge in [0.1, 0.15) is 0 Å². The SMILES string of the molecule is CCc1ccc2c(c1)cc1c3ccc(Cl)cc3n(-c3cccc(-c4ccccc4)c3)c(=O)n21. The highest BCUT2D eigenvalue weighted by atomic mass is 35.5. The molecule has 0 spiro atoms. The highest BCUT2D eigenvalue weighted by molar-refractivity contribution is 6.31. The van der Waals surface area contributed by atoms with Gasteiger partial charge in [0.05, 0.1) is 22.2 Å². The quantitative estimate of drug-likeness (QED) is 0.279. The van der Waals surface area contributed by atoms with Crippen molar-refractivity contribution >= 4 is 38.9 Å². The lowest BCUT2D eigenvalue weighted by Gasteiger charge is -2.14. The Labute approximate surface area is 196 Å². The molecule has 0 aliphatic rings. The Morgan fingerprint density at radius 2 is 1.55 bits per heavy atom. The molecule has 0 aliphatic heterocycles. The van der Waals surface area contributed by atoms with Gasteiger partial charge >= 0.3 is 5.69 Å². The predicted molar refractivity (Wildman–Crippen MR) is 138 cm³/mol. The molecule has 0 atom stereocenters. The van der Waals surface area contributed by atoms with Gasteiger partial charge in [-0.2, -0.15) is 0 Å². The summed E-state index contributed by atoms with van der Waals surface area (Å²) in [6.45, 7) is 2.14. The topological polar surface area (TPSA) is 26.4 Å². The lowest BCUT2D eigenvalue weighted by molar-refractivity contribution is 0.936. The van der Waals surface area contributed by atoms with Gasteiger partial charge in [-0.25, -0.2) is 4.79 Å². The number of benzene rings is 4. The predicted octanol–water partition coefficient (Wildman–Crippen LogP) is 7.28. The number of fused-ring (bicyclic) bond motifs is 5. The first kappa shape index (κ1) is 19.8. The van der Waals surface area contributed by atoms with Crippen LogP contribution in [0.1, 0.15) is 12.5 Å². The van der Waals surface area contributed by atoms with Crippen molar-refractivity contribution in [3.05, 3.63) is 118 Å². The summed E-state index contributed by atoms with van der Waals surface area (Å²) in [5.41, 5.74) is 6.72. The molecule has 0 saturated heterocycles. The molecule has 4 heteroatoms. The molecular formula is C29H21ClN2O. The zero-order chi connectivity index (χ0) is 22.5. The van der Waals surface area contributed by atoms with Crippen molar-refractivity contribution in [2.24, 2.45) is 0 Å².